The van der Waals surface area contributed by atoms with Crippen LogP contribution in [0.2, 0.25) is 0 Å². The molecule has 0 saturated heterocycles. The van der Waals surface area contributed by atoms with Gasteiger partial charge < -0.3 is 5.32 Å². The number of rotatable bonds is 3. The fourth-order valence-corrected chi connectivity index (χ4v) is 1.47. The third-order valence-corrected chi connectivity index (χ3v) is 3.38. The Balaban J connectivity index is 2.11. The van der Waals surface area contributed by atoms with E-state index in [1.54, 1.807) is 6.07 Å². The van der Waals surface area contributed by atoms with Crippen molar-refractivity contribution in [3.05, 3.63) is 22.9 Å². The topological polar surface area (TPSA) is 75.1 Å². The SMILES string of the molecule is CC(CNc1cc2n[nH]c(=O)n2cn1)C(C)(C)C. The van der Waals surface area contributed by atoms with Gasteiger partial charge in [-0.3, -0.25) is 0 Å². The van der Waals surface area contributed by atoms with Crippen LogP contribution in [0.15, 0.2) is 17.2 Å². The van der Waals surface area contributed by atoms with Crippen molar-refractivity contribution in [2.45, 2.75) is 27.7 Å². The van der Waals surface area contributed by atoms with Crippen LogP contribution in [0, 0.1) is 11.3 Å². The molecule has 0 amide bonds. The summed E-state index contributed by atoms with van der Waals surface area (Å²) in [5.74, 6) is 1.24. The van der Waals surface area contributed by atoms with Crippen LogP contribution in [0.5, 0.6) is 0 Å². The number of aromatic amines is 1. The molecule has 2 heterocycles. The highest BCUT2D eigenvalue weighted by Crippen LogP contribution is 2.25. The second-order valence-corrected chi connectivity index (χ2v) is 5.68. The average molecular weight is 249 g/mol. The van der Waals surface area contributed by atoms with Gasteiger partial charge in [0.1, 0.15) is 12.1 Å². The van der Waals surface area contributed by atoms with Crippen LogP contribution in [0.3, 0.4) is 0 Å². The first kappa shape index (κ1) is 12.6. The quantitative estimate of drug-likeness (QED) is 0.864. The van der Waals surface area contributed by atoms with Crippen LogP contribution in [-0.2, 0) is 0 Å². The maximum atomic E-state index is 11.3. The predicted molar refractivity (Wildman–Crippen MR) is 70.7 cm³/mol. The maximum absolute atomic E-state index is 11.3. The van der Waals surface area contributed by atoms with Gasteiger partial charge in [0.05, 0.1) is 0 Å². The van der Waals surface area contributed by atoms with Crippen LogP contribution < -0.4 is 11.0 Å². The van der Waals surface area contributed by atoms with Crippen molar-refractivity contribution in [3.8, 4) is 0 Å². The third-order valence-electron chi connectivity index (χ3n) is 3.38. The van der Waals surface area contributed by atoms with E-state index in [-0.39, 0.29) is 11.1 Å². The molecule has 2 rings (SSSR count). The maximum Gasteiger partial charge on any atom is 0.348 e. The zero-order valence-electron chi connectivity index (χ0n) is 11.2. The first-order valence-electron chi connectivity index (χ1n) is 6.04. The van der Waals surface area contributed by atoms with E-state index in [2.05, 4.69) is 48.2 Å². The summed E-state index contributed by atoms with van der Waals surface area (Å²) in [7, 11) is 0. The molecule has 2 aromatic rings. The molecule has 0 aromatic carbocycles. The van der Waals surface area contributed by atoms with E-state index in [1.807, 2.05) is 0 Å². The molecular weight excluding hydrogens is 230 g/mol. The fourth-order valence-electron chi connectivity index (χ4n) is 1.47. The van der Waals surface area contributed by atoms with E-state index in [9.17, 15) is 4.79 Å². The summed E-state index contributed by atoms with van der Waals surface area (Å²) >= 11 is 0. The van der Waals surface area contributed by atoms with Gasteiger partial charge in [-0.15, -0.1) is 0 Å². The van der Waals surface area contributed by atoms with Gasteiger partial charge in [-0.05, 0) is 11.3 Å². The van der Waals surface area contributed by atoms with E-state index < -0.39 is 0 Å². The summed E-state index contributed by atoms with van der Waals surface area (Å²) in [5, 5.41) is 9.55. The van der Waals surface area contributed by atoms with Gasteiger partial charge in [0, 0.05) is 12.6 Å². The third kappa shape index (κ3) is 2.52. The fraction of sp³-hybridized carbons (Fsp3) is 0.583. The molecule has 1 unspecified atom stereocenters. The molecule has 0 fully saturated rings. The minimum absolute atomic E-state index is 0.250. The normalized spacial score (nSPS) is 13.8. The standard InChI is InChI=1S/C12H19N5O/c1-8(12(2,3)4)6-13-9-5-10-15-16-11(18)17(10)7-14-9/h5,7-8,13H,6H2,1-4H3,(H,16,18). The van der Waals surface area contributed by atoms with Gasteiger partial charge in [-0.2, -0.15) is 5.10 Å². The van der Waals surface area contributed by atoms with Crippen LogP contribution in [0.25, 0.3) is 5.65 Å². The smallest absolute Gasteiger partial charge is 0.348 e. The first-order chi connectivity index (χ1) is 8.38. The summed E-state index contributed by atoms with van der Waals surface area (Å²) in [6.45, 7) is 9.67. The van der Waals surface area contributed by atoms with Crippen LogP contribution in [0.4, 0.5) is 5.82 Å². The van der Waals surface area contributed by atoms with Crippen LogP contribution in [0.1, 0.15) is 27.7 Å². The first-order valence-corrected chi connectivity index (χ1v) is 6.04. The number of nitrogens with one attached hydrogen (secondary N) is 2. The molecule has 0 saturated carbocycles. The van der Waals surface area contributed by atoms with Crippen molar-refractivity contribution in [2.24, 2.45) is 11.3 Å². The van der Waals surface area contributed by atoms with Crippen molar-refractivity contribution in [2.75, 3.05) is 11.9 Å². The lowest BCUT2D eigenvalue weighted by molar-refractivity contribution is 0.274. The zero-order chi connectivity index (χ0) is 13.3. The minimum atomic E-state index is -0.271. The van der Waals surface area contributed by atoms with Gasteiger partial charge >= 0.3 is 5.69 Å². The van der Waals surface area contributed by atoms with E-state index in [0.717, 1.165) is 12.4 Å². The Morgan fingerprint density at radius 3 is 2.89 bits per heavy atom. The molecule has 0 bridgehead atoms. The highest BCUT2D eigenvalue weighted by Gasteiger charge is 2.19. The average Bonchev–Trinajstić information content (AvgIpc) is 2.66. The number of H-pyrrole nitrogens is 1. The Morgan fingerprint density at radius 2 is 2.22 bits per heavy atom. The monoisotopic (exact) mass is 249 g/mol. The van der Waals surface area contributed by atoms with Crippen molar-refractivity contribution in [3.63, 3.8) is 0 Å². The van der Waals surface area contributed by atoms with Crippen molar-refractivity contribution < 1.29 is 0 Å². The lowest BCUT2D eigenvalue weighted by Crippen LogP contribution is -2.25. The van der Waals surface area contributed by atoms with E-state index >= 15 is 0 Å². The van der Waals surface area contributed by atoms with Gasteiger partial charge in [0.25, 0.3) is 0 Å². The van der Waals surface area contributed by atoms with E-state index in [4.69, 9.17) is 0 Å². The molecule has 6 heteroatoms. The van der Waals surface area contributed by atoms with Crippen molar-refractivity contribution in [1.82, 2.24) is 19.6 Å². The molecular formula is C12H19N5O. The van der Waals surface area contributed by atoms with Gasteiger partial charge in [-0.1, -0.05) is 27.7 Å². The Kier molecular flexibility index (Phi) is 3.11. The number of nitrogens with zero attached hydrogens (tertiary/aromatic N) is 3. The molecule has 0 aliphatic rings. The number of aromatic nitrogens is 4. The molecule has 18 heavy (non-hydrogen) atoms. The van der Waals surface area contributed by atoms with Gasteiger partial charge in [0.2, 0.25) is 0 Å². The molecule has 2 aromatic heterocycles. The molecule has 1 atom stereocenters. The van der Waals surface area contributed by atoms with E-state index in [0.29, 0.717) is 11.6 Å². The Morgan fingerprint density at radius 1 is 1.50 bits per heavy atom. The number of hydrogen-bond donors (Lipinski definition) is 2. The van der Waals surface area contributed by atoms with Crippen molar-refractivity contribution in [1.29, 1.82) is 0 Å². The summed E-state index contributed by atoms with van der Waals surface area (Å²) in [6.07, 6.45) is 1.48. The highest BCUT2D eigenvalue weighted by molar-refractivity contribution is 5.48. The van der Waals surface area contributed by atoms with E-state index in [1.165, 1.54) is 10.7 Å². The summed E-state index contributed by atoms with van der Waals surface area (Å²) in [5.41, 5.74) is 0.549. The molecule has 98 valence electrons. The second kappa shape index (κ2) is 4.44. The molecule has 0 aliphatic carbocycles. The Labute approximate surface area is 105 Å². The Hall–Kier alpha value is -1.85. The predicted octanol–water partition coefficient (Wildman–Crippen LogP) is 1.51. The molecule has 0 radical (unpaired) electrons. The molecule has 6 nitrogen and oxygen atoms in total. The number of anilines is 1. The van der Waals surface area contributed by atoms with Gasteiger partial charge in [0.15, 0.2) is 5.65 Å². The van der Waals surface area contributed by atoms with Crippen molar-refractivity contribution >= 4 is 11.5 Å². The zero-order valence-corrected chi connectivity index (χ0v) is 11.2. The number of hydrogen-bond acceptors (Lipinski definition) is 4. The lowest BCUT2D eigenvalue weighted by Gasteiger charge is -2.27. The van der Waals surface area contributed by atoms with Crippen LogP contribution in [-0.4, -0.2) is 26.1 Å². The Bertz CT molecular complexity index is 592. The molecule has 2 N–H and O–H groups in total. The minimum Gasteiger partial charge on any atom is -0.370 e. The summed E-state index contributed by atoms with van der Waals surface area (Å²) in [4.78, 5) is 15.5. The second-order valence-electron chi connectivity index (χ2n) is 5.68. The largest absolute Gasteiger partial charge is 0.370 e. The molecule has 0 spiro atoms. The summed E-state index contributed by atoms with van der Waals surface area (Å²) < 4.78 is 1.37. The number of fused-ring (bicyclic) bond motifs is 1. The highest BCUT2D eigenvalue weighted by atomic mass is 16.1. The summed E-state index contributed by atoms with van der Waals surface area (Å²) in [6, 6.07) is 1.76. The molecule has 0 aliphatic heterocycles. The lowest BCUT2D eigenvalue weighted by atomic mass is 9.82. The van der Waals surface area contributed by atoms with Crippen LogP contribution >= 0.6 is 0 Å². The van der Waals surface area contributed by atoms with Gasteiger partial charge in [-0.25, -0.2) is 19.3 Å².